The molecule has 3 aliphatic rings. The lowest BCUT2D eigenvalue weighted by molar-refractivity contribution is -0.0767. The van der Waals surface area contributed by atoms with Gasteiger partial charge in [-0.05, 0) is 55.5 Å². The molecule has 5 rings (SSSR count). The van der Waals surface area contributed by atoms with Gasteiger partial charge in [-0.15, -0.1) is 0 Å². The second-order valence-electron chi connectivity index (χ2n) is 7.19. The number of rotatable bonds is 3. The van der Waals surface area contributed by atoms with Crippen LogP contribution in [0.1, 0.15) is 29.5 Å². The molecular weight excluding hydrogens is 282 g/mol. The van der Waals surface area contributed by atoms with E-state index in [0.29, 0.717) is 5.92 Å². The van der Waals surface area contributed by atoms with E-state index < -0.39 is 5.60 Å². The summed E-state index contributed by atoms with van der Waals surface area (Å²) in [5.41, 5.74) is 2.39. The zero-order valence-electron chi connectivity index (χ0n) is 13.8. The predicted molar refractivity (Wildman–Crippen MR) is 93.3 cm³/mol. The molecule has 3 heterocycles. The number of piperidine rings is 3. The molecule has 0 aromatic heterocycles. The average molecular weight is 307 g/mol. The highest BCUT2D eigenvalue weighted by molar-refractivity contribution is 5.42. The van der Waals surface area contributed by atoms with Crippen molar-refractivity contribution in [2.45, 2.75) is 25.4 Å². The van der Waals surface area contributed by atoms with Crippen LogP contribution in [0.4, 0.5) is 0 Å². The van der Waals surface area contributed by atoms with Crippen LogP contribution < -0.4 is 0 Å². The highest BCUT2D eigenvalue weighted by Gasteiger charge is 2.48. The number of aliphatic hydroxyl groups is 1. The molecular formula is C21H25NO. The number of hydrogen-bond acceptors (Lipinski definition) is 2. The van der Waals surface area contributed by atoms with E-state index in [2.05, 4.69) is 48.2 Å². The first-order valence-corrected chi connectivity index (χ1v) is 8.76. The molecule has 0 saturated carbocycles. The lowest BCUT2D eigenvalue weighted by Crippen LogP contribution is -2.55. The van der Waals surface area contributed by atoms with Gasteiger partial charge in [0.05, 0.1) is 0 Å². The molecule has 23 heavy (non-hydrogen) atoms. The second kappa shape index (κ2) is 5.77. The van der Waals surface area contributed by atoms with Crippen molar-refractivity contribution < 1.29 is 5.11 Å². The Hall–Kier alpha value is -1.64. The first kappa shape index (κ1) is 14.9. The summed E-state index contributed by atoms with van der Waals surface area (Å²) < 4.78 is 0. The van der Waals surface area contributed by atoms with Gasteiger partial charge >= 0.3 is 0 Å². The van der Waals surface area contributed by atoms with Crippen LogP contribution in [0.15, 0.2) is 54.6 Å². The second-order valence-corrected chi connectivity index (χ2v) is 7.19. The minimum Gasteiger partial charge on any atom is -0.380 e. The summed E-state index contributed by atoms with van der Waals surface area (Å²) >= 11 is 0. The first-order valence-electron chi connectivity index (χ1n) is 8.76. The standard InChI is InChI=1S/C21H25NO/c1-16-7-5-6-10-19(16)21(23,18-8-3-2-4-9-18)20-15-22-13-11-17(20)12-14-22/h2-10,17,20,23H,11-15H2,1H3. The third kappa shape index (κ3) is 2.41. The Morgan fingerprint density at radius 1 is 0.957 bits per heavy atom. The van der Waals surface area contributed by atoms with E-state index in [-0.39, 0.29) is 5.92 Å². The van der Waals surface area contributed by atoms with Gasteiger partial charge in [0, 0.05) is 12.5 Å². The Morgan fingerprint density at radius 3 is 2.22 bits per heavy atom. The van der Waals surface area contributed by atoms with Gasteiger partial charge in [-0.3, -0.25) is 0 Å². The van der Waals surface area contributed by atoms with Crippen LogP contribution in [0.3, 0.4) is 0 Å². The Bertz CT molecular complexity index is 675. The van der Waals surface area contributed by atoms with Gasteiger partial charge in [-0.2, -0.15) is 0 Å². The van der Waals surface area contributed by atoms with Crippen molar-refractivity contribution in [1.82, 2.24) is 4.90 Å². The lowest BCUT2D eigenvalue weighted by atomic mass is 9.64. The average Bonchev–Trinajstić information content (AvgIpc) is 2.63. The molecule has 3 saturated heterocycles. The van der Waals surface area contributed by atoms with Crippen LogP contribution in [-0.2, 0) is 5.60 Å². The normalized spacial score (nSPS) is 29.2. The minimum absolute atomic E-state index is 0.272. The number of aryl methyl sites for hydroxylation is 1. The fourth-order valence-electron chi connectivity index (χ4n) is 4.70. The summed E-state index contributed by atoms with van der Waals surface area (Å²) in [4.78, 5) is 2.52. The van der Waals surface area contributed by atoms with E-state index in [0.717, 1.165) is 17.7 Å². The van der Waals surface area contributed by atoms with E-state index in [9.17, 15) is 5.11 Å². The Balaban J connectivity index is 1.86. The fraction of sp³-hybridized carbons (Fsp3) is 0.429. The van der Waals surface area contributed by atoms with E-state index in [1.165, 1.54) is 31.5 Å². The third-order valence-corrected chi connectivity index (χ3v) is 5.96. The van der Waals surface area contributed by atoms with Gasteiger partial charge in [0.2, 0.25) is 0 Å². The maximum atomic E-state index is 12.1. The molecule has 120 valence electrons. The molecule has 2 bridgehead atoms. The van der Waals surface area contributed by atoms with Gasteiger partial charge < -0.3 is 10.0 Å². The monoisotopic (exact) mass is 307 g/mol. The Kier molecular flexibility index (Phi) is 3.74. The number of benzene rings is 2. The quantitative estimate of drug-likeness (QED) is 0.937. The summed E-state index contributed by atoms with van der Waals surface area (Å²) in [5.74, 6) is 0.887. The summed E-state index contributed by atoms with van der Waals surface area (Å²) in [6.07, 6.45) is 2.43. The molecule has 2 aromatic rings. The van der Waals surface area contributed by atoms with Gasteiger partial charge in [-0.1, -0.05) is 54.6 Å². The van der Waals surface area contributed by atoms with E-state index in [1.54, 1.807) is 0 Å². The molecule has 0 aliphatic carbocycles. The molecule has 2 aromatic carbocycles. The number of hydrogen-bond donors (Lipinski definition) is 1. The highest BCUT2D eigenvalue weighted by atomic mass is 16.3. The molecule has 2 nitrogen and oxygen atoms in total. The minimum atomic E-state index is -0.892. The number of fused-ring (bicyclic) bond motifs is 3. The zero-order valence-corrected chi connectivity index (χ0v) is 13.8. The molecule has 0 spiro atoms. The van der Waals surface area contributed by atoms with Crippen LogP contribution in [0, 0.1) is 18.8 Å². The molecule has 0 amide bonds. The smallest absolute Gasteiger partial charge is 0.119 e. The molecule has 1 N–H and O–H groups in total. The molecule has 2 unspecified atom stereocenters. The van der Waals surface area contributed by atoms with Gasteiger partial charge in [0.1, 0.15) is 5.60 Å². The number of nitrogens with zero attached hydrogens (tertiary/aromatic N) is 1. The maximum Gasteiger partial charge on any atom is 0.119 e. The summed E-state index contributed by atoms with van der Waals surface area (Å²) in [6, 6.07) is 18.6. The molecule has 3 fully saturated rings. The Morgan fingerprint density at radius 2 is 1.61 bits per heavy atom. The van der Waals surface area contributed by atoms with E-state index >= 15 is 0 Å². The molecule has 3 aliphatic heterocycles. The van der Waals surface area contributed by atoms with Crippen molar-refractivity contribution >= 4 is 0 Å². The molecule has 2 atom stereocenters. The topological polar surface area (TPSA) is 23.5 Å². The summed E-state index contributed by atoms with van der Waals surface area (Å²) in [5, 5.41) is 12.1. The predicted octanol–water partition coefficient (Wildman–Crippen LogP) is 3.57. The van der Waals surface area contributed by atoms with Crippen LogP contribution in [-0.4, -0.2) is 29.6 Å². The summed E-state index contributed by atoms with van der Waals surface area (Å²) in [6.45, 7) is 5.51. The lowest BCUT2D eigenvalue weighted by Gasteiger charge is -2.51. The summed E-state index contributed by atoms with van der Waals surface area (Å²) in [7, 11) is 0. The highest BCUT2D eigenvalue weighted by Crippen LogP contribution is 2.47. The molecule has 0 radical (unpaired) electrons. The third-order valence-electron chi connectivity index (χ3n) is 5.96. The van der Waals surface area contributed by atoms with Gasteiger partial charge in [-0.25, -0.2) is 0 Å². The molecule has 2 heteroatoms. The van der Waals surface area contributed by atoms with Crippen LogP contribution >= 0.6 is 0 Å². The zero-order chi connectivity index (χ0) is 15.9. The van der Waals surface area contributed by atoms with Gasteiger partial charge in [0.25, 0.3) is 0 Å². The largest absolute Gasteiger partial charge is 0.380 e. The first-order chi connectivity index (χ1) is 11.2. The van der Waals surface area contributed by atoms with Crippen molar-refractivity contribution in [1.29, 1.82) is 0 Å². The SMILES string of the molecule is Cc1ccccc1C(O)(c1ccccc1)C1CN2CCC1CC2. The van der Waals surface area contributed by atoms with Crippen molar-refractivity contribution in [2.24, 2.45) is 11.8 Å². The van der Waals surface area contributed by atoms with Crippen LogP contribution in [0.5, 0.6) is 0 Å². The van der Waals surface area contributed by atoms with Crippen molar-refractivity contribution in [3.63, 3.8) is 0 Å². The van der Waals surface area contributed by atoms with E-state index in [4.69, 9.17) is 0 Å². The van der Waals surface area contributed by atoms with Crippen LogP contribution in [0.2, 0.25) is 0 Å². The van der Waals surface area contributed by atoms with Gasteiger partial charge in [0.15, 0.2) is 0 Å². The van der Waals surface area contributed by atoms with Crippen molar-refractivity contribution in [3.05, 3.63) is 71.3 Å². The van der Waals surface area contributed by atoms with Crippen molar-refractivity contribution in [3.8, 4) is 0 Å². The van der Waals surface area contributed by atoms with Crippen molar-refractivity contribution in [2.75, 3.05) is 19.6 Å². The fourth-order valence-corrected chi connectivity index (χ4v) is 4.70. The maximum absolute atomic E-state index is 12.1. The Labute approximate surface area is 138 Å². The van der Waals surface area contributed by atoms with E-state index in [1.807, 2.05) is 18.2 Å². The van der Waals surface area contributed by atoms with Crippen LogP contribution in [0.25, 0.3) is 0 Å².